The molecule has 1 amide bonds. The van der Waals surface area contributed by atoms with Crippen molar-refractivity contribution >= 4 is 11.6 Å². The van der Waals surface area contributed by atoms with Crippen molar-refractivity contribution in [3.8, 4) is 5.75 Å². The molecule has 0 spiro atoms. The predicted molar refractivity (Wildman–Crippen MR) is 82.5 cm³/mol. The molecule has 0 saturated carbocycles. The molecule has 0 unspecified atom stereocenters. The van der Waals surface area contributed by atoms with E-state index in [4.69, 9.17) is 10.5 Å². The number of ether oxygens (including phenoxy) is 1. The monoisotopic (exact) mass is 285 g/mol. The normalized spacial score (nSPS) is 10.2. The van der Waals surface area contributed by atoms with Crippen LogP contribution in [0, 0.1) is 13.8 Å². The van der Waals surface area contributed by atoms with Crippen LogP contribution in [0.15, 0.2) is 30.5 Å². The van der Waals surface area contributed by atoms with Crippen molar-refractivity contribution in [2.24, 2.45) is 5.73 Å². The second kappa shape index (κ2) is 6.26. The zero-order valence-corrected chi connectivity index (χ0v) is 12.4. The van der Waals surface area contributed by atoms with E-state index in [1.807, 2.05) is 26.0 Å². The topological polar surface area (TPSA) is 77.2 Å². The SMILES string of the molecule is COc1c(C)cnc(CNc2ccc(C(N)=O)cc2)c1C. The molecule has 5 nitrogen and oxygen atoms in total. The number of benzene rings is 1. The van der Waals surface area contributed by atoms with Crippen molar-refractivity contribution in [1.82, 2.24) is 4.98 Å². The second-order valence-electron chi connectivity index (χ2n) is 4.84. The Hall–Kier alpha value is -2.56. The van der Waals surface area contributed by atoms with Gasteiger partial charge in [0.15, 0.2) is 0 Å². The van der Waals surface area contributed by atoms with Gasteiger partial charge in [0, 0.05) is 28.6 Å². The molecule has 1 aromatic carbocycles. The molecule has 0 aliphatic heterocycles. The fourth-order valence-electron chi connectivity index (χ4n) is 2.19. The minimum absolute atomic E-state index is 0.428. The van der Waals surface area contributed by atoms with E-state index in [1.165, 1.54) is 0 Å². The van der Waals surface area contributed by atoms with Crippen LogP contribution in [-0.2, 0) is 6.54 Å². The van der Waals surface area contributed by atoms with Crippen molar-refractivity contribution in [1.29, 1.82) is 0 Å². The smallest absolute Gasteiger partial charge is 0.248 e. The van der Waals surface area contributed by atoms with Gasteiger partial charge in [-0.1, -0.05) is 0 Å². The van der Waals surface area contributed by atoms with E-state index in [0.717, 1.165) is 28.3 Å². The van der Waals surface area contributed by atoms with Crippen LogP contribution in [0.5, 0.6) is 5.75 Å². The highest BCUT2D eigenvalue weighted by Crippen LogP contribution is 2.24. The molecule has 0 fully saturated rings. The van der Waals surface area contributed by atoms with Gasteiger partial charge in [-0.05, 0) is 38.1 Å². The van der Waals surface area contributed by atoms with Gasteiger partial charge < -0.3 is 15.8 Å². The van der Waals surface area contributed by atoms with Gasteiger partial charge in [0.2, 0.25) is 5.91 Å². The first-order valence-corrected chi connectivity index (χ1v) is 6.65. The number of primary amides is 1. The molecule has 1 aromatic heterocycles. The molecule has 2 rings (SSSR count). The first kappa shape index (κ1) is 14.8. The summed E-state index contributed by atoms with van der Waals surface area (Å²) in [6, 6.07) is 7.03. The number of anilines is 1. The highest BCUT2D eigenvalue weighted by molar-refractivity contribution is 5.93. The lowest BCUT2D eigenvalue weighted by molar-refractivity contribution is 0.100. The minimum Gasteiger partial charge on any atom is -0.496 e. The molecular formula is C16H19N3O2. The summed E-state index contributed by atoms with van der Waals surface area (Å²) in [6.45, 7) is 4.54. The van der Waals surface area contributed by atoms with Crippen LogP contribution in [0.3, 0.4) is 0 Å². The molecule has 110 valence electrons. The highest BCUT2D eigenvalue weighted by atomic mass is 16.5. The molecule has 0 atom stereocenters. The third-order valence-electron chi connectivity index (χ3n) is 3.38. The number of hydrogen-bond acceptors (Lipinski definition) is 4. The Balaban J connectivity index is 2.11. The summed E-state index contributed by atoms with van der Waals surface area (Å²) in [5, 5.41) is 3.27. The van der Waals surface area contributed by atoms with Crippen molar-refractivity contribution in [2.75, 3.05) is 12.4 Å². The summed E-state index contributed by atoms with van der Waals surface area (Å²) in [5.41, 5.74) is 9.58. The number of aromatic nitrogens is 1. The molecule has 1 heterocycles. The van der Waals surface area contributed by atoms with Crippen molar-refractivity contribution in [3.05, 3.63) is 52.8 Å². The Morgan fingerprint density at radius 2 is 1.95 bits per heavy atom. The van der Waals surface area contributed by atoms with Crippen LogP contribution in [0.2, 0.25) is 0 Å². The summed E-state index contributed by atoms with van der Waals surface area (Å²) in [7, 11) is 1.66. The van der Waals surface area contributed by atoms with Crippen LogP contribution >= 0.6 is 0 Å². The molecule has 0 bridgehead atoms. The molecule has 5 heteroatoms. The van der Waals surface area contributed by atoms with E-state index in [2.05, 4.69) is 10.3 Å². The zero-order valence-electron chi connectivity index (χ0n) is 12.4. The van der Waals surface area contributed by atoms with Crippen LogP contribution in [0.4, 0.5) is 5.69 Å². The summed E-state index contributed by atoms with van der Waals surface area (Å²) in [5.74, 6) is 0.438. The highest BCUT2D eigenvalue weighted by Gasteiger charge is 2.09. The Bertz CT molecular complexity index is 651. The van der Waals surface area contributed by atoms with Crippen LogP contribution in [-0.4, -0.2) is 18.0 Å². The van der Waals surface area contributed by atoms with Crippen LogP contribution < -0.4 is 15.8 Å². The Labute approximate surface area is 124 Å². The Morgan fingerprint density at radius 3 is 2.52 bits per heavy atom. The number of pyridine rings is 1. The van der Waals surface area contributed by atoms with E-state index in [1.54, 1.807) is 25.4 Å². The number of nitrogens with two attached hydrogens (primary N) is 1. The van der Waals surface area contributed by atoms with E-state index >= 15 is 0 Å². The first-order chi connectivity index (χ1) is 10.0. The number of carbonyl (C=O) groups is 1. The van der Waals surface area contributed by atoms with Gasteiger partial charge in [-0.15, -0.1) is 0 Å². The van der Waals surface area contributed by atoms with E-state index in [9.17, 15) is 4.79 Å². The molecule has 0 saturated heterocycles. The van der Waals surface area contributed by atoms with E-state index in [0.29, 0.717) is 12.1 Å². The molecule has 0 aliphatic rings. The number of nitrogens with one attached hydrogen (secondary N) is 1. The van der Waals surface area contributed by atoms with Gasteiger partial charge >= 0.3 is 0 Å². The second-order valence-corrected chi connectivity index (χ2v) is 4.84. The average Bonchev–Trinajstić information content (AvgIpc) is 2.47. The number of hydrogen-bond donors (Lipinski definition) is 2. The molecule has 3 N–H and O–H groups in total. The van der Waals surface area contributed by atoms with Gasteiger partial charge in [0.25, 0.3) is 0 Å². The fourth-order valence-corrected chi connectivity index (χ4v) is 2.19. The lowest BCUT2D eigenvalue weighted by Gasteiger charge is -2.13. The molecule has 21 heavy (non-hydrogen) atoms. The fraction of sp³-hybridized carbons (Fsp3) is 0.250. The number of rotatable bonds is 5. The lowest BCUT2D eigenvalue weighted by Crippen LogP contribution is -2.11. The van der Waals surface area contributed by atoms with Gasteiger partial charge in [0.05, 0.1) is 19.3 Å². The van der Waals surface area contributed by atoms with Crippen molar-refractivity contribution in [2.45, 2.75) is 20.4 Å². The van der Waals surface area contributed by atoms with Crippen LogP contribution in [0.25, 0.3) is 0 Å². The predicted octanol–water partition coefficient (Wildman–Crippen LogP) is 2.42. The van der Waals surface area contributed by atoms with Gasteiger partial charge in [-0.25, -0.2) is 0 Å². The van der Waals surface area contributed by atoms with E-state index < -0.39 is 5.91 Å². The van der Waals surface area contributed by atoms with Crippen molar-refractivity contribution in [3.63, 3.8) is 0 Å². The summed E-state index contributed by atoms with van der Waals surface area (Å²) in [6.07, 6.45) is 1.80. The van der Waals surface area contributed by atoms with Gasteiger partial charge in [0.1, 0.15) is 5.75 Å². The third kappa shape index (κ3) is 3.31. The molecule has 0 aliphatic carbocycles. The maximum Gasteiger partial charge on any atom is 0.248 e. The summed E-state index contributed by atoms with van der Waals surface area (Å²) < 4.78 is 5.39. The standard InChI is InChI=1S/C16H19N3O2/c1-10-8-19-14(11(2)15(10)21-3)9-18-13-6-4-12(5-7-13)16(17)20/h4-8,18H,9H2,1-3H3,(H2,17,20). The Morgan fingerprint density at radius 1 is 1.29 bits per heavy atom. The lowest BCUT2D eigenvalue weighted by atomic mass is 10.1. The number of nitrogens with zero attached hydrogens (tertiary/aromatic N) is 1. The number of amides is 1. The summed E-state index contributed by atoms with van der Waals surface area (Å²) >= 11 is 0. The van der Waals surface area contributed by atoms with Crippen molar-refractivity contribution < 1.29 is 9.53 Å². The molecular weight excluding hydrogens is 266 g/mol. The van der Waals surface area contributed by atoms with E-state index in [-0.39, 0.29) is 0 Å². The quantitative estimate of drug-likeness (QED) is 0.884. The summed E-state index contributed by atoms with van der Waals surface area (Å²) in [4.78, 5) is 15.4. The maximum atomic E-state index is 11.0. The largest absolute Gasteiger partial charge is 0.496 e. The molecule has 0 radical (unpaired) electrons. The van der Waals surface area contributed by atoms with Gasteiger partial charge in [-0.2, -0.15) is 0 Å². The molecule has 2 aromatic rings. The zero-order chi connectivity index (χ0) is 15.4. The minimum atomic E-state index is -0.428. The number of aryl methyl sites for hydroxylation is 1. The Kier molecular flexibility index (Phi) is 4.42. The van der Waals surface area contributed by atoms with Gasteiger partial charge in [-0.3, -0.25) is 9.78 Å². The maximum absolute atomic E-state index is 11.0. The average molecular weight is 285 g/mol. The van der Waals surface area contributed by atoms with Crippen LogP contribution in [0.1, 0.15) is 27.2 Å². The number of methoxy groups -OCH3 is 1. The number of carbonyl (C=O) groups excluding carboxylic acids is 1. The third-order valence-corrected chi connectivity index (χ3v) is 3.38. The first-order valence-electron chi connectivity index (χ1n) is 6.65.